The summed E-state index contributed by atoms with van der Waals surface area (Å²) in [6.45, 7) is 6.42. The number of carbonyl (C=O) groups is 1. The number of methoxy groups -OCH3 is 1. The van der Waals surface area contributed by atoms with Crippen molar-refractivity contribution >= 4 is 19.9 Å². The highest BCUT2D eigenvalue weighted by molar-refractivity contribution is 7.51. The number of nitrogens with one attached hydrogen (secondary N) is 1. The number of hydrogen-bond donors (Lipinski definition) is 1. The minimum Gasteiger partial charge on any atom is -0.488 e. The predicted molar refractivity (Wildman–Crippen MR) is 99.7 cm³/mol. The van der Waals surface area contributed by atoms with E-state index in [4.69, 9.17) is 13.8 Å². The molecule has 0 spiro atoms. The van der Waals surface area contributed by atoms with Crippen LogP contribution in [0.3, 0.4) is 0 Å². The minimum absolute atomic E-state index is 0.0874. The van der Waals surface area contributed by atoms with Crippen LogP contribution in [0, 0.1) is 0 Å². The Morgan fingerprint density at radius 3 is 2.41 bits per heavy atom. The fourth-order valence-corrected chi connectivity index (χ4v) is 2.98. The molecule has 0 aliphatic rings. The van der Waals surface area contributed by atoms with E-state index in [0.717, 1.165) is 31.5 Å². The van der Waals surface area contributed by atoms with Crippen LogP contribution in [0.2, 0.25) is 0 Å². The molecule has 0 saturated carbocycles. The summed E-state index contributed by atoms with van der Waals surface area (Å²) in [5, 5.41) is 5.94. The third-order valence-corrected chi connectivity index (χ3v) is 4.76. The molecule has 0 radical (unpaired) electrons. The van der Waals surface area contributed by atoms with Crippen molar-refractivity contribution in [3.8, 4) is 5.75 Å². The van der Waals surface area contributed by atoms with Gasteiger partial charge in [-0.25, -0.2) is 14.6 Å². The molecule has 1 N–H and O–H groups in total. The minimum atomic E-state index is -4.61. The second-order valence-corrected chi connectivity index (χ2v) is 7.04. The van der Waals surface area contributed by atoms with Crippen molar-refractivity contribution in [2.45, 2.75) is 20.0 Å². The molecule has 0 aliphatic carbocycles. The molecule has 0 amide bonds. The Kier molecular flexibility index (Phi) is 9.35. The summed E-state index contributed by atoms with van der Waals surface area (Å²) in [5.41, 5.74) is -0.943. The van der Waals surface area contributed by atoms with Crippen LogP contribution in [-0.2, 0) is 29.3 Å². The maximum absolute atomic E-state index is 13.0. The molecular formula is C17H22F3N2O6P. The zero-order chi connectivity index (χ0) is 22.1. The maximum Gasteiger partial charge on any atom is 0.448 e. The highest BCUT2D eigenvalue weighted by Gasteiger charge is 2.31. The number of hydrogen-bond acceptors (Lipinski definition) is 7. The molecule has 0 aliphatic heterocycles. The maximum atomic E-state index is 13.0. The quantitative estimate of drug-likeness (QED) is 0.184. The van der Waals surface area contributed by atoms with Gasteiger partial charge in [-0.1, -0.05) is 6.58 Å². The van der Waals surface area contributed by atoms with Crippen LogP contribution in [0.1, 0.15) is 25.0 Å². The molecule has 0 bridgehead atoms. The lowest BCUT2D eigenvalue weighted by Gasteiger charge is -2.15. The lowest BCUT2D eigenvalue weighted by molar-refractivity contribution is -0.138. The molecule has 8 nitrogen and oxygen atoms in total. The van der Waals surface area contributed by atoms with Crippen LogP contribution in [0.25, 0.3) is 0 Å². The summed E-state index contributed by atoms with van der Waals surface area (Å²) in [7, 11) is -2.56. The van der Waals surface area contributed by atoms with E-state index in [1.165, 1.54) is 0 Å². The van der Waals surface area contributed by atoms with E-state index in [1.807, 2.05) is 0 Å². The number of ether oxygens (including phenoxy) is 2. The van der Waals surface area contributed by atoms with Gasteiger partial charge in [0, 0.05) is 5.56 Å². The molecule has 0 heterocycles. The number of nitrogens with zero attached hydrogens (tertiary/aromatic N) is 1. The van der Waals surface area contributed by atoms with Crippen LogP contribution in [-0.4, -0.2) is 39.1 Å². The van der Waals surface area contributed by atoms with E-state index in [1.54, 1.807) is 13.8 Å². The summed E-state index contributed by atoms with van der Waals surface area (Å²) in [6, 6.07) is 2.68. The van der Waals surface area contributed by atoms with Crippen molar-refractivity contribution in [2.24, 2.45) is 5.10 Å². The van der Waals surface area contributed by atoms with Crippen molar-refractivity contribution < 1.29 is 41.1 Å². The number of hydrazone groups is 1. The first kappa shape index (κ1) is 24.7. The SMILES string of the molecule is C=C(COc1cc(C(F)(F)F)ccc1/C=N/NP(=O)(OCC)OCC)C(=O)OC. The lowest BCUT2D eigenvalue weighted by atomic mass is 10.1. The Hall–Kier alpha value is -2.36. The predicted octanol–water partition coefficient (Wildman–Crippen LogP) is 3.92. The van der Waals surface area contributed by atoms with Gasteiger partial charge in [0.1, 0.15) is 12.4 Å². The number of alkyl halides is 3. The first-order valence-electron chi connectivity index (χ1n) is 8.35. The Bertz CT molecular complexity index is 788. The smallest absolute Gasteiger partial charge is 0.448 e. The van der Waals surface area contributed by atoms with Crippen LogP contribution in [0.15, 0.2) is 35.5 Å². The molecule has 0 fully saturated rings. The van der Waals surface area contributed by atoms with Crippen molar-refractivity contribution in [1.29, 1.82) is 0 Å². The highest BCUT2D eigenvalue weighted by atomic mass is 31.2. The van der Waals surface area contributed by atoms with Crippen molar-refractivity contribution in [2.75, 3.05) is 26.9 Å². The van der Waals surface area contributed by atoms with E-state index in [2.05, 4.69) is 21.6 Å². The summed E-state index contributed by atoms with van der Waals surface area (Å²) in [6.07, 6.45) is -3.52. The van der Waals surface area contributed by atoms with Crippen LogP contribution >= 0.6 is 7.75 Å². The largest absolute Gasteiger partial charge is 0.488 e. The van der Waals surface area contributed by atoms with Crippen LogP contribution in [0.4, 0.5) is 13.2 Å². The van der Waals surface area contributed by atoms with Crippen molar-refractivity contribution in [3.05, 3.63) is 41.5 Å². The van der Waals surface area contributed by atoms with Gasteiger partial charge in [-0.05, 0) is 32.0 Å². The molecule has 0 saturated heterocycles. The van der Waals surface area contributed by atoms with E-state index in [9.17, 15) is 22.5 Å². The summed E-state index contributed by atoms with van der Waals surface area (Å²) in [5.74, 6) is -0.985. The number of rotatable bonds is 11. The second-order valence-electron chi connectivity index (χ2n) is 5.33. The fourth-order valence-electron chi connectivity index (χ4n) is 1.91. The molecule has 0 atom stereocenters. The standard InChI is InChI=1S/C17H22F3N2O6P/c1-5-27-29(24,28-6-2)22-21-10-13-7-8-14(17(18,19)20)9-15(13)26-11-12(3)16(23)25-4/h7-10H,3,5-6,11H2,1-2,4H3,(H,22,24)/b21-10+. The Morgan fingerprint density at radius 1 is 1.28 bits per heavy atom. The van der Waals surface area contributed by atoms with Gasteiger partial charge in [0.25, 0.3) is 0 Å². The fraction of sp³-hybridized carbons (Fsp3) is 0.412. The Balaban J connectivity index is 3.09. The van der Waals surface area contributed by atoms with Gasteiger partial charge >= 0.3 is 19.9 Å². The molecule has 0 aromatic heterocycles. The van der Waals surface area contributed by atoms with E-state index < -0.39 is 32.1 Å². The van der Waals surface area contributed by atoms with Gasteiger partial charge in [-0.2, -0.15) is 18.3 Å². The average Bonchev–Trinajstić information content (AvgIpc) is 2.65. The number of halogens is 3. The normalized spacial score (nSPS) is 12.1. The summed E-state index contributed by atoms with van der Waals surface area (Å²) >= 11 is 0. The van der Waals surface area contributed by atoms with Gasteiger partial charge in [-0.15, -0.1) is 0 Å². The van der Waals surface area contributed by atoms with E-state index >= 15 is 0 Å². The van der Waals surface area contributed by atoms with Crippen LogP contribution in [0.5, 0.6) is 5.75 Å². The zero-order valence-corrected chi connectivity index (χ0v) is 17.0. The monoisotopic (exact) mass is 438 g/mol. The first-order valence-corrected chi connectivity index (χ1v) is 9.90. The van der Waals surface area contributed by atoms with Gasteiger partial charge in [-0.3, -0.25) is 9.05 Å². The average molecular weight is 438 g/mol. The highest BCUT2D eigenvalue weighted by Crippen LogP contribution is 2.43. The van der Waals surface area contributed by atoms with Gasteiger partial charge in [0.2, 0.25) is 0 Å². The molecule has 12 heteroatoms. The first-order chi connectivity index (χ1) is 13.6. The van der Waals surface area contributed by atoms with Gasteiger partial charge < -0.3 is 9.47 Å². The lowest BCUT2D eigenvalue weighted by Crippen LogP contribution is -2.13. The third-order valence-electron chi connectivity index (χ3n) is 3.20. The van der Waals surface area contributed by atoms with Crippen molar-refractivity contribution in [1.82, 2.24) is 5.20 Å². The van der Waals surface area contributed by atoms with Gasteiger partial charge in [0.05, 0.1) is 37.7 Å². The topological polar surface area (TPSA) is 95.5 Å². The van der Waals surface area contributed by atoms with Crippen LogP contribution < -0.4 is 9.93 Å². The molecule has 29 heavy (non-hydrogen) atoms. The zero-order valence-electron chi connectivity index (χ0n) is 16.1. The summed E-state index contributed by atoms with van der Waals surface area (Å²) < 4.78 is 71.0. The molecule has 1 aromatic carbocycles. The number of esters is 1. The molecular weight excluding hydrogens is 416 g/mol. The van der Waals surface area contributed by atoms with E-state index in [0.29, 0.717) is 0 Å². The molecule has 0 unspecified atom stereocenters. The molecule has 1 rings (SSSR count). The third kappa shape index (κ3) is 7.88. The van der Waals surface area contributed by atoms with Crippen molar-refractivity contribution in [3.63, 3.8) is 0 Å². The Morgan fingerprint density at radius 2 is 1.90 bits per heavy atom. The Labute approximate surface area is 166 Å². The number of carbonyl (C=O) groups excluding carboxylic acids is 1. The van der Waals surface area contributed by atoms with E-state index in [-0.39, 0.29) is 30.1 Å². The molecule has 1 aromatic rings. The molecule has 162 valence electrons. The second kappa shape index (κ2) is 11.0. The summed E-state index contributed by atoms with van der Waals surface area (Å²) in [4.78, 5) is 11.4. The number of benzene rings is 1. The van der Waals surface area contributed by atoms with Gasteiger partial charge in [0.15, 0.2) is 0 Å².